The molecule has 3 N–H and O–H groups in total. The van der Waals surface area contributed by atoms with Crippen molar-refractivity contribution >= 4 is 23.2 Å². The first-order valence-corrected chi connectivity index (χ1v) is 15.1. The van der Waals surface area contributed by atoms with Gasteiger partial charge in [0.15, 0.2) is 0 Å². The molecular weight excluding hydrogens is 546 g/mol. The number of likely N-dealkylation sites (tertiary alicyclic amines) is 1. The van der Waals surface area contributed by atoms with E-state index in [4.69, 9.17) is 19.9 Å². The highest BCUT2D eigenvalue weighted by Crippen LogP contribution is 2.25. The van der Waals surface area contributed by atoms with Gasteiger partial charge >= 0.3 is 0 Å². The SMILES string of the molecule is NCCOCCOCCOCCSc1ccc2c(=O)n(CC3(O)CCN(C(=O)CCc4ccccc4)CC3)cnn12. The molecular formula is C29H41N5O6S. The molecule has 0 atom stereocenters. The highest BCUT2D eigenvalue weighted by Gasteiger charge is 2.34. The number of carbonyl (C=O) groups excluding carboxylic acids is 1. The van der Waals surface area contributed by atoms with Crippen molar-refractivity contribution in [2.75, 3.05) is 65.0 Å². The molecule has 12 heteroatoms. The summed E-state index contributed by atoms with van der Waals surface area (Å²) in [6.07, 6.45) is 3.46. The zero-order valence-corrected chi connectivity index (χ0v) is 24.3. The number of ether oxygens (including phenoxy) is 3. The second kappa shape index (κ2) is 16.0. The lowest BCUT2D eigenvalue weighted by Gasteiger charge is -2.38. The number of carbonyl (C=O) groups is 1. The molecule has 0 spiro atoms. The maximum Gasteiger partial charge on any atom is 0.277 e. The summed E-state index contributed by atoms with van der Waals surface area (Å²) in [5.41, 5.74) is 5.68. The fourth-order valence-electron chi connectivity index (χ4n) is 4.76. The molecule has 1 saturated heterocycles. The number of fused-ring (bicyclic) bond motifs is 1. The van der Waals surface area contributed by atoms with Gasteiger partial charge in [0.05, 0.1) is 56.8 Å². The van der Waals surface area contributed by atoms with E-state index in [1.54, 1.807) is 22.3 Å². The summed E-state index contributed by atoms with van der Waals surface area (Å²) in [6.45, 7) is 4.71. The van der Waals surface area contributed by atoms with Crippen molar-refractivity contribution in [2.45, 2.75) is 42.9 Å². The number of piperidine rings is 1. The standard InChI is InChI=1S/C29H41N5O6S/c30-12-15-38-16-17-39-18-19-40-20-21-41-27-9-7-25-28(36)33(23-31-34(25)27)22-29(37)10-13-32(14-11-29)26(35)8-6-24-4-2-1-3-5-24/h1-5,7,9,23,37H,6,8,10-22,30H2. The Kier molecular flexibility index (Phi) is 12.2. The second-order valence-electron chi connectivity index (χ2n) is 10.1. The van der Waals surface area contributed by atoms with E-state index in [0.717, 1.165) is 10.6 Å². The minimum absolute atomic E-state index is 0.0947. The molecule has 41 heavy (non-hydrogen) atoms. The van der Waals surface area contributed by atoms with Gasteiger partial charge in [0.25, 0.3) is 5.56 Å². The maximum absolute atomic E-state index is 13.2. The van der Waals surface area contributed by atoms with Crippen LogP contribution in [0.15, 0.2) is 58.6 Å². The molecule has 1 amide bonds. The molecule has 11 nitrogen and oxygen atoms in total. The van der Waals surface area contributed by atoms with Crippen LogP contribution in [0.25, 0.3) is 5.52 Å². The van der Waals surface area contributed by atoms with E-state index in [2.05, 4.69) is 5.10 Å². The van der Waals surface area contributed by atoms with Gasteiger partial charge < -0.3 is 30.0 Å². The Balaban J connectivity index is 1.19. The predicted octanol–water partition coefficient (Wildman–Crippen LogP) is 1.58. The fraction of sp³-hybridized carbons (Fsp3) is 0.552. The van der Waals surface area contributed by atoms with Crippen molar-refractivity contribution in [1.29, 1.82) is 0 Å². The number of aliphatic hydroxyl groups is 1. The molecule has 3 heterocycles. The van der Waals surface area contributed by atoms with Crippen LogP contribution in [0.2, 0.25) is 0 Å². The average Bonchev–Trinajstić information content (AvgIpc) is 3.40. The highest BCUT2D eigenvalue weighted by atomic mass is 32.2. The largest absolute Gasteiger partial charge is 0.388 e. The molecule has 0 saturated carbocycles. The summed E-state index contributed by atoms with van der Waals surface area (Å²) >= 11 is 1.56. The lowest BCUT2D eigenvalue weighted by molar-refractivity contribution is -0.135. The van der Waals surface area contributed by atoms with Crippen LogP contribution in [0.4, 0.5) is 0 Å². The molecule has 1 fully saturated rings. The van der Waals surface area contributed by atoms with Crippen LogP contribution in [0.3, 0.4) is 0 Å². The topological polar surface area (TPSA) is 134 Å². The first-order chi connectivity index (χ1) is 20.0. The Morgan fingerprint density at radius 2 is 1.66 bits per heavy atom. The van der Waals surface area contributed by atoms with Crippen LogP contribution in [0, 0.1) is 0 Å². The van der Waals surface area contributed by atoms with Crippen molar-refractivity contribution in [3.05, 3.63) is 64.7 Å². The number of hydrogen-bond donors (Lipinski definition) is 2. The first-order valence-electron chi connectivity index (χ1n) is 14.2. The van der Waals surface area contributed by atoms with E-state index in [0.29, 0.717) is 96.2 Å². The van der Waals surface area contributed by atoms with Crippen LogP contribution in [0.5, 0.6) is 0 Å². The average molecular weight is 588 g/mol. The van der Waals surface area contributed by atoms with Gasteiger partial charge in [0, 0.05) is 31.8 Å². The smallest absolute Gasteiger partial charge is 0.277 e. The Morgan fingerprint density at radius 3 is 2.37 bits per heavy atom. The number of thioether (sulfide) groups is 1. The Bertz CT molecular complexity index is 1280. The van der Waals surface area contributed by atoms with Crippen molar-refractivity contribution in [1.82, 2.24) is 19.1 Å². The highest BCUT2D eigenvalue weighted by molar-refractivity contribution is 7.99. The van der Waals surface area contributed by atoms with Gasteiger partial charge in [0.2, 0.25) is 5.91 Å². The third-order valence-electron chi connectivity index (χ3n) is 7.07. The number of nitrogens with zero attached hydrogens (tertiary/aromatic N) is 4. The number of rotatable bonds is 17. The third-order valence-corrected chi connectivity index (χ3v) is 8.05. The van der Waals surface area contributed by atoms with E-state index in [9.17, 15) is 14.7 Å². The summed E-state index contributed by atoms with van der Waals surface area (Å²) in [4.78, 5) is 27.7. The van der Waals surface area contributed by atoms with Gasteiger partial charge in [0.1, 0.15) is 11.8 Å². The van der Waals surface area contributed by atoms with Crippen molar-refractivity contribution in [2.24, 2.45) is 5.73 Å². The van der Waals surface area contributed by atoms with Gasteiger partial charge in [-0.3, -0.25) is 14.2 Å². The summed E-state index contributed by atoms with van der Waals surface area (Å²) in [5.74, 6) is 0.800. The lowest BCUT2D eigenvalue weighted by atomic mass is 9.91. The molecule has 0 radical (unpaired) electrons. The number of amides is 1. The Morgan fingerprint density at radius 1 is 0.976 bits per heavy atom. The first kappa shape index (κ1) is 31.2. The van der Waals surface area contributed by atoms with Crippen LogP contribution in [-0.2, 0) is 32.0 Å². The van der Waals surface area contributed by atoms with Crippen LogP contribution in [-0.4, -0.2) is 101 Å². The lowest BCUT2D eigenvalue weighted by Crippen LogP contribution is -2.49. The minimum Gasteiger partial charge on any atom is -0.388 e. The van der Waals surface area contributed by atoms with E-state index >= 15 is 0 Å². The van der Waals surface area contributed by atoms with Gasteiger partial charge in [-0.25, -0.2) is 4.52 Å². The maximum atomic E-state index is 13.2. The van der Waals surface area contributed by atoms with Gasteiger partial charge in [-0.2, -0.15) is 5.10 Å². The molecule has 1 aromatic carbocycles. The zero-order chi connectivity index (χ0) is 28.9. The number of nitrogens with two attached hydrogens (primary N) is 1. The third kappa shape index (κ3) is 9.38. The zero-order valence-electron chi connectivity index (χ0n) is 23.5. The quantitative estimate of drug-likeness (QED) is 0.178. The normalized spacial score (nSPS) is 15.0. The summed E-state index contributed by atoms with van der Waals surface area (Å²) < 4.78 is 19.4. The number of aromatic nitrogens is 3. The molecule has 0 bridgehead atoms. The van der Waals surface area contributed by atoms with Gasteiger partial charge in [-0.15, -0.1) is 11.8 Å². The predicted molar refractivity (Wildman–Crippen MR) is 157 cm³/mol. The van der Waals surface area contributed by atoms with Crippen molar-refractivity contribution in [3.8, 4) is 0 Å². The summed E-state index contributed by atoms with van der Waals surface area (Å²) in [7, 11) is 0. The van der Waals surface area contributed by atoms with E-state index < -0.39 is 5.60 Å². The molecule has 0 aliphatic carbocycles. The molecule has 1 aliphatic heterocycles. The summed E-state index contributed by atoms with van der Waals surface area (Å²) in [5, 5.41) is 16.5. The van der Waals surface area contributed by atoms with E-state index in [1.807, 2.05) is 41.3 Å². The van der Waals surface area contributed by atoms with Gasteiger partial charge in [-0.05, 0) is 37.0 Å². The van der Waals surface area contributed by atoms with Crippen molar-refractivity contribution < 1.29 is 24.1 Å². The van der Waals surface area contributed by atoms with E-state index in [-0.39, 0.29) is 18.0 Å². The second-order valence-corrected chi connectivity index (χ2v) is 11.2. The molecule has 0 unspecified atom stereocenters. The number of hydrogen-bond acceptors (Lipinski definition) is 9. The number of aryl methyl sites for hydroxylation is 1. The Labute approximate surface area is 244 Å². The molecule has 3 aromatic rings. The number of benzene rings is 1. The molecule has 4 rings (SSSR count). The molecule has 1 aliphatic rings. The van der Waals surface area contributed by atoms with Crippen LogP contribution >= 0.6 is 11.8 Å². The van der Waals surface area contributed by atoms with Crippen LogP contribution in [0.1, 0.15) is 24.8 Å². The monoisotopic (exact) mass is 587 g/mol. The van der Waals surface area contributed by atoms with Crippen LogP contribution < -0.4 is 11.3 Å². The van der Waals surface area contributed by atoms with E-state index in [1.165, 1.54) is 10.9 Å². The molecule has 2 aromatic heterocycles. The van der Waals surface area contributed by atoms with Crippen molar-refractivity contribution in [3.63, 3.8) is 0 Å². The summed E-state index contributed by atoms with van der Waals surface area (Å²) in [6, 6.07) is 13.6. The molecule has 224 valence electrons. The fourth-order valence-corrected chi connectivity index (χ4v) is 5.60. The van der Waals surface area contributed by atoms with Gasteiger partial charge in [-0.1, -0.05) is 30.3 Å². The minimum atomic E-state index is -1.07. The Hall–Kier alpha value is -2.74.